The molecule has 1 aromatic carbocycles. The first-order valence-electron chi connectivity index (χ1n) is 8.03. The molecule has 6 nitrogen and oxygen atoms in total. The van der Waals surface area contributed by atoms with E-state index in [1.54, 1.807) is 4.52 Å². The van der Waals surface area contributed by atoms with Crippen molar-refractivity contribution in [1.29, 1.82) is 0 Å². The number of hydrogen-bond acceptors (Lipinski definition) is 4. The van der Waals surface area contributed by atoms with Gasteiger partial charge in [0.1, 0.15) is 0 Å². The number of aromatic nitrogens is 4. The van der Waals surface area contributed by atoms with Crippen LogP contribution in [0.15, 0.2) is 30.3 Å². The highest BCUT2D eigenvalue weighted by atomic mass is 16.1. The summed E-state index contributed by atoms with van der Waals surface area (Å²) in [6, 6.07) is 9.43. The van der Waals surface area contributed by atoms with Crippen LogP contribution in [0.1, 0.15) is 42.5 Å². The van der Waals surface area contributed by atoms with E-state index in [1.165, 1.54) is 0 Å². The van der Waals surface area contributed by atoms with Crippen molar-refractivity contribution in [2.24, 2.45) is 0 Å². The summed E-state index contributed by atoms with van der Waals surface area (Å²) in [5.41, 5.74) is 3.39. The van der Waals surface area contributed by atoms with Gasteiger partial charge in [-0.05, 0) is 26.0 Å². The van der Waals surface area contributed by atoms with E-state index in [9.17, 15) is 4.79 Å². The van der Waals surface area contributed by atoms with Crippen LogP contribution in [0.3, 0.4) is 0 Å². The van der Waals surface area contributed by atoms with Gasteiger partial charge in [0, 0.05) is 28.6 Å². The third kappa shape index (κ3) is 3.13. The maximum absolute atomic E-state index is 12.4. The zero-order valence-corrected chi connectivity index (χ0v) is 14.4. The fourth-order valence-electron chi connectivity index (χ4n) is 2.61. The monoisotopic (exact) mass is 323 g/mol. The van der Waals surface area contributed by atoms with Gasteiger partial charge < -0.3 is 5.32 Å². The van der Waals surface area contributed by atoms with E-state index in [0.29, 0.717) is 5.78 Å². The van der Waals surface area contributed by atoms with Crippen LogP contribution in [0.25, 0.3) is 5.78 Å². The van der Waals surface area contributed by atoms with Crippen LogP contribution < -0.4 is 5.32 Å². The lowest BCUT2D eigenvalue weighted by Crippen LogP contribution is -2.17. The van der Waals surface area contributed by atoms with Gasteiger partial charge in [0.15, 0.2) is 5.82 Å². The van der Waals surface area contributed by atoms with Gasteiger partial charge in [0.05, 0.1) is 6.42 Å². The lowest BCUT2D eigenvalue weighted by molar-refractivity contribution is -0.115. The minimum absolute atomic E-state index is 0.0715. The molecule has 1 amide bonds. The van der Waals surface area contributed by atoms with E-state index >= 15 is 0 Å². The van der Waals surface area contributed by atoms with Crippen molar-refractivity contribution in [3.05, 3.63) is 53.1 Å². The first-order chi connectivity index (χ1) is 11.5. The summed E-state index contributed by atoms with van der Waals surface area (Å²) in [7, 11) is 0. The van der Waals surface area contributed by atoms with Gasteiger partial charge in [-0.25, -0.2) is 9.50 Å². The second-order valence-corrected chi connectivity index (χ2v) is 6.19. The van der Waals surface area contributed by atoms with Crippen LogP contribution in [0.4, 0.5) is 5.69 Å². The summed E-state index contributed by atoms with van der Waals surface area (Å²) in [5.74, 6) is 1.51. The number of rotatable bonds is 4. The number of para-hydroxylation sites is 1. The maximum Gasteiger partial charge on any atom is 0.252 e. The zero-order valence-electron chi connectivity index (χ0n) is 14.4. The number of aryl methyl sites for hydroxylation is 2. The molecule has 2 aromatic heterocycles. The number of carbonyl (C=O) groups is 1. The molecular formula is C18H21N5O. The Labute approximate surface area is 141 Å². The molecule has 0 fully saturated rings. The molecule has 0 unspecified atom stereocenters. The van der Waals surface area contributed by atoms with E-state index in [-0.39, 0.29) is 18.2 Å². The number of benzene rings is 1. The van der Waals surface area contributed by atoms with E-state index in [1.807, 2.05) is 58.0 Å². The summed E-state index contributed by atoms with van der Waals surface area (Å²) >= 11 is 0. The summed E-state index contributed by atoms with van der Waals surface area (Å²) in [4.78, 5) is 21.3. The highest BCUT2D eigenvalue weighted by molar-refractivity contribution is 5.92. The largest absolute Gasteiger partial charge is 0.326 e. The molecule has 0 saturated carbocycles. The van der Waals surface area contributed by atoms with Crippen molar-refractivity contribution in [2.45, 2.75) is 40.0 Å². The number of anilines is 1. The number of amides is 1. The second kappa shape index (κ2) is 6.39. The molecule has 24 heavy (non-hydrogen) atoms. The molecule has 3 aromatic rings. The Kier molecular flexibility index (Phi) is 4.29. The smallest absolute Gasteiger partial charge is 0.252 e. The van der Waals surface area contributed by atoms with Gasteiger partial charge in [0.2, 0.25) is 5.91 Å². The molecule has 6 heteroatoms. The third-order valence-corrected chi connectivity index (χ3v) is 3.98. The number of carbonyl (C=O) groups excluding carboxylic acids is 1. The molecule has 1 N–H and O–H groups in total. The molecule has 0 aliphatic rings. The van der Waals surface area contributed by atoms with Crippen LogP contribution in [0.5, 0.6) is 0 Å². The van der Waals surface area contributed by atoms with Crippen molar-refractivity contribution in [2.75, 3.05) is 5.32 Å². The molecule has 0 bridgehead atoms. The van der Waals surface area contributed by atoms with Crippen molar-refractivity contribution >= 4 is 17.4 Å². The SMILES string of the molecule is Cc1nc2nc(C(C)C)nn2c(C)c1CC(=O)Nc1ccccc1. The molecule has 124 valence electrons. The summed E-state index contributed by atoms with van der Waals surface area (Å²) in [6.45, 7) is 7.95. The fourth-order valence-corrected chi connectivity index (χ4v) is 2.61. The van der Waals surface area contributed by atoms with Gasteiger partial charge >= 0.3 is 0 Å². The minimum Gasteiger partial charge on any atom is -0.326 e. The lowest BCUT2D eigenvalue weighted by Gasteiger charge is -2.10. The number of hydrogen-bond donors (Lipinski definition) is 1. The molecule has 3 rings (SSSR count). The molecule has 0 saturated heterocycles. The van der Waals surface area contributed by atoms with Crippen LogP contribution in [-0.2, 0) is 11.2 Å². The first-order valence-corrected chi connectivity index (χ1v) is 8.03. The van der Waals surface area contributed by atoms with Crippen LogP contribution >= 0.6 is 0 Å². The maximum atomic E-state index is 12.4. The Bertz CT molecular complexity index is 883. The Morgan fingerprint density at radius 3 is 2.54 bits per heavy atom. The fraction of sp³-hybridized carbons (Fsp3) is 0.333. The molecular weight excluding hydrogens is 302 g/mol. The lowest BCUT2D eigenvalue weighted by atomic mass is 10.1. The Hall–Kier alpha value is -2.76. The van der Waals surface area contributed by atoms with Crippen molar-refractivity contribution in [3.63, 3.8) is 0 Å². The zero-order chi connectivity index (χ0) is 17.3. The quantitative estimate of drug-likeness (QED) is 0.801. The van der Waals surface area contributed by atoms with Gasteiger partial charge in [-0.2, -0.15) is 4.98 Å². The predicted molar refractivity (Wildman–Crippen MR) is 93.1 cm³/mol. The molecule has 0 aliphatic heterocycles. The number of fused-ring (bicyclic) bond motifs is 1. The summed E-state index contributed by atoms with van der Waals surface area (Å²) < 4.78 is 1.73. The summed E-state index contributed by atoms with van der Waals surface area (Å²) in [5, 5.41) is 7.42. The number of nitrogens with zero attached hydrogens (tertiary/aromatic N) is 4. The average Bonchev–Trinajstić information content (AvgIpc) is 2.97. The molecule has 0 radical (unpaired) electrons. The van der Waals surface area contributed by atoms with Crippen LogP contribution in [0.2, 0.25) is 0 Å². The Morgan fingerprint density at radius 2 is 1.88 bits per heavy atom. The van der Waals surface area contributed by atoms with Gasteiger partial charge in [-0.15, -0.1) is 5.10 Å². The van der Waals surface area contributed by atoms with Crippen molar-refractivity contribution in [3.8, 4) is 0 Å². The normalized spacial score (nSPS) is 11.2. The summed E-state index contributed by atoms with van der Waals surface area (Å²) in [6.07, 6.45) is 0.256. The molecule has 2 heterocycles. The standard InChI is InChI=1S/C18H21N5O/c1-11(2)17-21-18-19-12(3)15(13(4)23(18)22-17)10-16(24)20-14-8-6-5-7-9-14/h5-9,11H,10H2,1-4H3,(H,20,24). The average molecular weight is 323 g/mol. The number of nitrogens with one attached hydrogen (secondary N) is 1. The van der Waals surface area contributed by atoms with Crippen molar-refractivity contribution in [1.82, 2.24) is 19.6 Å². The third-order valence-electron chi connectivity index (χ3n) is 3.98. The van der Waals surface area contributed by atoms with Gasteiger partial charge in [-0.1, -0.05) is 32.0 Å². The predicted octanol–water partition coefficient (Wildman–Crippen LogP) is 3.05. The minimum atomic E-state index is -0.0715. The molecule has 0 atom stereocenters. The van der Waals surface area contributed by atoms with Gasteiger partial charge in [0.25, 0.3) is 5.78 Å². The first kappa shape index (κ1) is 16.1. The van der Waals surface area contributed by atoms with E-state index in [4.69, 9.17) is 0 Å². The highest BCUT2D eigenvalue weighted by Crippen LogP contribution is 2.17. The van der Waals surface area contributed by atoms with Crippen LogP contribution in [-0.4, -0.2) is 25.5 Å². The Balaban J connectivity index is 1.90. The Morgan fingerprint density at radius 1 is 1.17 bits per heavy atom. The molecule has 0 spiro atoms. The van der Waals surface area contributed by atoms with E-state index < -0.39 is 0 Å². The van der Waals surface area contributed by atoms with Crippen LogP contribution in [0, 0.1) is 13.8 Å². The highest BCUT2D eigenvalue weighted by Gasteiger charge is 2.17. The molecule has 0 aliphatic carbocycles. The van der Waals surface area contributed by atoms with Crippen molar-refractivity contribution < 1.29 is 4.79 Å². The second-order valence-electron chi connectivity index (χ2n) is 6.19. The topological polar surface area (TPSA) is 72.2 Å². The van der Waals surface area contributed by atoms with E-state index in [2.05, 4.69) is 20.4 Å². The van der Waals surface area contributed by atoms with E-state index in [0.717, 1.165) is 28.5 Å². The van der Waals surface area contributed by atoms with Gasteiger partial charge in [-0.3, -0.25) is 4.79 Å².